The largest absolute Gasteiger partial charge is 0.444 e. The van der Waals surface area contributed by atoms with Crippen LogP contribution < -0.4 is 10.2 Å². The summed E-state index contributed by atoms with van der Waals surface area (Å²) < 4.78 is 5.40. The van der Waals surface area contributed by atoms with Crippen LogP contribution in [0.5, 0.6) is 0 Å². The highest BCUT2D eigenvalue weighted by molar-refractivity contribution is 5.92. The number of carbonyl (C=O) groups excluding carboxylic acids is 2. The SMILES string of the molecule is CC(C)(C)OC(=O)N1CCC(C(=O)Nc2ccc(N3CCCC3)nc2)CC1. The highest BCUT2D eigenvalue weighted by Crippen LogP contribution is 2.23. The number of hydrogen-bond donors (Lipinski definition) is 1. The lowest BCUT2D eigenvalue weighted by Crippen LogP contribution is -2.43. The average Bonchev–Trinajstić information content (AvgIpc) is 3.16. The molecule has 0 spiro atoms. The van der Waals surface area contributed by atoms with Crippen LogP contribution >= 0.6 is 0 Å². The molecule has 0 radical (unpaired) electrons. The highest BCUT2D eigenvalue weighted by atomic mass is 16.6. The van der Waals surface area contributed by atoms with Crippen LogP contribution in [-0.4, -0.2) is 53.7 Å². The second kappa shape index (κ2) is 8.15. The number of anilines is 2. The zero-order valence-corrected chi connectivity index (χ0v) is 16.5. The van der Waals surface area contributed by atoms with Crippen molar-refractivity contribution >= 4 is 23.5 Å². The summed E-state index contributed by atoms with van der Waals surface area (Å²) in [5.74, 6) is 0.868. The van der Waals surface area contributed by atoms with Gasteiger partial charge in [0.05, 0.1) is 11.9 Å². The van der Waals surface area contributed by atoms with Gasteiger partial charge in [-0.05, 0) is 58.6 Å². The van der Waals surface area contributed by atoms with E-state index >= 15 is 0 Å². The van der Waals surface area contributed by atoms with Crippen molar-refractivity contribution in [3.05, 3.63) is 18.3 Å². The molecule has 2 aliphatic heterocycles. The number of piperidine rings is 1. The maximum absolute atomic E-state index is 12.5. The van der Waals surface area contributed by atoms with Crippen LogP contribution in [0.4, 0.5) is 16.3 Å². The van der Waals surface area contributed by atoms with Gasteiger partial charge in [-0.3, -0.25) is 4.79 Å². The molecular weight excluding hydrogens is 344 g/mol. The number of likely N-dealkylation sites (tertiary alicyclic amines) is 1. The third-order valence-electron chi connectivity index (χ3n) is 4.96. The van der Waals surface area contributed by atoms with E-state index in [1.165, 1.54) is 12.8 Å². The topological polar surface area (TPSA) is 74.8 Å². The van der Waals surface area contributed by atoms with Gasteiger partial charge in [0.25, 0.3) is 0 Å². The second-order valence-electron chi connectivity index (χ2n) is 8.33. The van der Waals surface area contributed by atoms with E-state index in [-0.39, 0.29) is 17.9 Å². The molecule has 0 saturated carbocycles. The molecule has 1 aromatic rings. The molecule has 2 saturated heterocycles. The maximum atomic E-state index is 12.5. The van der Waals surface area contributed by atoms with E-state index in [1.54, 1.807) is 11.1 Å². The van der Waals surface area contributed by atoms with Crippen molar-refractivity contribution in [3.63, 3.8) is 0 Å². The molecule has 0 bridgehead atoms. The van der Waals surface area contributed by atoms with Crippen molar-refractivity contribution in [2.24, 2.45) is 5.92 Å². The molecule has 0 unspecified atom stereocenters. The molecule has 1 aromatic heterocycles. The number of aromatic nitrogens is 1. The molecule has 0 atom stereocenters. The number of rotatable bonds is 3. The third-order valence-corrected chi connectivity index (χ3v) is 4.96. The molecule has 1 N–H and O–H groups in total. The van der Waals surface area contributed by atoms with Gasteiger partial charge in [0.15, 0.2) is 0 Å². The first-order chi connectivity index (χ1) is 12.8. The monoisotopic (exact) mass is 374 g/mol. The summed E-state index contributed by atoms with van der Waals surface area (Å²) in [6, 6.07) is 3.88. The normalized spacial score (nSPS) is 18.5. The smallest absolute Gasteiger partial charge is 0.410 e. The molecule has 0 aromatic carbocycles. The first kappa shape index (κ1) is 19.5. The van der Waals surface area contributed by atoms with Gasteiger partial charge in [-0.1, -0.05) is 0 Å². The number of nitrogens with one attached hydrogen (secondary N) is 1. The van der Waals surface area contributed by atoms with Gasteiger partial charge < -0.3 is 19.9 Å². The third kappa shape index (κ3) is 5.34. The van der Waals surface area contributed by atoms with Gasteiger partial charge in [0.1, 0.15) is 11.4 Å². The van der Waals surface area contributed by atoms with Gasteiger partial charge >= 0.3 is 6.09 Å². The number of pyridine rings is 1. The van der Waals surface area contributed by atoms with Gasteiger partial charge in [0.2, 0.25) is 5.91 Å². The Balaban J connectivity index is 1.47. The van der Waals surface area contributed by atoms with Crippen LogP contribution in [0.15, 0.2) is 18.3 Å². The molecule has 2 aliphatic rings. The standard InChI is InChI=1S/C20H30N4O3/c1-20(2,3)27-19(26)24-12-8-15(9-13-24)18(25)22-16-6-7-17(21-14-16)23-10-4-5-11-23/h6-7,14-15H,4-5,8-13H2,1-3H3,(H,22,25). The molecule has 3 rings (SSSR count). The first-order valence-corrected chi connectivity index (χ1v) is 9.81. The Labute approximate surface area is 161 Å². The van der Waals surface area contributed by atoms with Gasteiger partial charge in [-0.25, -0.2) is 9.78 Å². The van der Waals surface area contributed by atoms with Gasteiger partial charge in [-0.15, -0.1) is 0 Å². The zero-order valence-electron chi connectivity index (χ0n) is 16.5. The maximum Gasteiger partial charge on any atom is 0.410 e. The average molecular weight is 374 g/mol. The van der Waals surface area contributed by atoms with E-state index in [4.69, 9.17) is 4.74 Å². The van der Waals surface area contributed by atoms with Gasteiger partial charge in [-0.2, -0.15) is 0 Å². The summed E-state index contributed by atoms with van der Waals surface area (Å²) >= 11 is 0. The van der Waals surface area contributed by atoms with Crippen molar-refractivity contribution in [3.8, 4) is 0 Å². The number of carbonyl (C=O) groups is 2. The fraction of sp³-hybridized carbons (Fsp3) is 0.650. The number of nitrogens with zero attached hydrogens (tertiary/aromatic N) is 3. The Morgan fingerprint density at radius 1 is 1.11 bits per heavy atom. The fourth-order valence-electron chi connectivity index (χ4n) is 3.49. The van der Waals surface area contributed by atoms with Crippen LogP contribution in [0, 0.1) is 5.92 Å². The van der Waals surface area contributed by atoms with Crippen molar-refractivity contribution in [1.29, 1.82) is 0 Å². The summed E-state index contributed by atoms with van der Waals surface area (Å²) in [5, 5.41) is 2.96. The Morgan fingerprint density at radius 3 is 2.33 bits per heavy atom. The minimum absolute atomic E-state index is 0.00504. The van der Waals surface area contributed by atoms with E-state index in [2.05, 4.69) is 15.2 Å². The Morgan fingerprint density at radius 2 is 1.78 bits per heavy atom. The minimum Gasteiger partial charge on any atom is -0.444 e. The van der Waals surface area contributed by atoms with Gasteiger partial charge in [0, 0.05) is 32.1 Å². The lowest BCUT2D eigenvalue weighted by molar-refractivity contribution is -0.121. The molecule has 7 heteroatoms. The summed E-state index contributed by atoms with van der Waals surface area (Å²) in [6.45, 7) is 8.75. The molecule has 2 fully saturated rings. The van der Waals surface area contributed by atoms with Crippen molar-refractivity contribution < 1.29 is 14.3 Å². The first-order valence-electron chi connectivity index (χ1n) is 9.81. The summed E-state index contributed by atoms with van der Waals surface area (Å²) in [5.41, 5.74) is 0.219. The van der Waals surface area contributed by atoms with Crippen molar-refractivity contribution in [2.75, 3.05) is 36.4 Å². The quantitative estimate of drug-likeness (QED) is 0.879. The Kier molecular flexibility index (Phi) is 5.87. The second-order valence-corrected chi connectivity index (χ2v) is 8.33. The summed E-state index contributed by atoms with van der Waals surface area (Å²) in [4.78, 5) is 33.1. The van der Waals surface area contributed by atoms with E-state index in [9.17, 15) is 9.59 Å². The van der Waals surface area contributed by atoms with E-state index < -0.39 is 5.60 Å². The van der Waals surface area contributed by atoms with Crippen LogP contribution in [0.25, 0.3) is 0 Å². The molecular formula is C20H30N4O3. The van der Waals surface area contributed by atoms with Crippen LogP contribution in [0.3, 0.4) is 0 Å². The zero-order chi connectivity index (χ0) is 19.4. The molecule has 2 amide bonds. The van der Waals surface area contributed by atoms with E-state index in [0.717, 1.165) is 24.6 Å². The number of amides is 2. The van der Waals surface area contributed by atoms with E-state index in [1.807, 2.05) is 32.9 Å². The summed E-state index contributed by atoms with van der Waals surface area (Å²) in [6.07, 6.45) is 5.13. The lowest BCUT2D eigenvalue weighted by atomic mass is 9.96. The fourth-order valence-corrected chi connectivity index (χ4v) is 3.49. The molecule has 7 nitrogen and oxygen atoms in total. The van der Waals surface area contributed by atoms with Crippen molar-refractivity contribution in [1.82, 2.24) is 9.88 Å². The molecule has 27 heavy (non-hydrogen) atoms. The Bertz CT molecular complexity index is 655. The molecule has 0 aliphatic carbocycles. The predicted molar refractivity (Wildman–Crippen MR) is 105 cm³/mol. The molecule has 3 heterocycles. The van der Waals surface area contributed by atoms with Crippen LogP contribution in [0.2, 0.25) is 0 Å². The summed E-state index contributed by atoms with van der Waals surface area (Å²) in [7, 11) is 0. The van der Waals surface area contributed by atoms with Crippen LogP contribution in [0.1, 0.15) is 46.5 Å². The predicted octanol–water partition coefficient (Wildman–Crippen LogP) is 3.27. The van der Waals surface area contributed by atoms with E-state index in [0.29, 0.717) is 25.9 Å². The minimum atomic E-state index is -0.500. The lowest BCUT2D eigenvalue weighted by Gasteiger charge is -2.32. The van der Waals surface area contributed by atoms with Crippen LogP contribution in [-0.2, 0) is 9.53 Å². The number of ether oxygens (including phenoxy) is 1. The van der Waals surface area contributed by atoms with Crippen molar-refractivity contribution in [2.45, 2.75) is 52.1 Å². The highest BCUT2D eigenvalue weighted by Gasteiger charge is 2.30. The molecule has 148 valence electrons. The Hall–Kier alpha value is -2.31. The number of hydrogen-bond acceptors (Lipinski definition) is 5.